The quantitative estimate of drug-likeness (QED) is 0.848. The van der Waals surface area contributed by atoms with Crippen LogP contribution in [-0.2, 0) is 4.74 Å². The van der Waals surface area contributed by atoms with Gasteiger partial charge in [-0.3, -0.25) is 0 Å². The van der Waals surface area contributed by atoms with E-state index in [1.54, 1.807) is 7.11 Å². The van der Waals surface area contributed by atoms with Gasteiger partial charge >= 0.3 is 0 Å². The lowest BCUT2D eigenvalue weighted by atomic mass is 9.76. The van der Waals surface area contributed by atoms with Crippen LogP contribution in [0.2, 0.25) is 0 Å². The number of nitrogens with one attached hydrogen (secondary N) is 1. The molecule has 0 spiro atoms. The number of rotatable bonds is 2. The fraction of sp³-hybridized carbons (Fsp3) is 0.429. The molecule has 1 N–H and O–H groups in total. The van der Waals surface area contributed by atoms with Crippen LogP contribution in [0.15, 0.2) is 36.4 Å². The Hall–Kier alpha value is -2.00. The summed E-state index contributed by atoms with van der Waals surface area (Å²) in [5.41, 5.74) is 6.51. The topological polar surface area (TPSA) is 30.5 Å². The SMILES string of the molecule is COc1ccc(C2Nc3c(C)cc(C)cc3[C@H]3OCCC[C@@H]23)cc1. The van der Waals surface area contributed by atoms with Crippen LogP contribution < -0.4 is 10.1 Å². The van der Waals surface area contributed by atoms with E-state index in [2.05, 4.69) is 43.4 Å². The van der Waals surface area contributed by atoms with Crippen molar-refractivity contribution in [2.75, 3.05) is 19.0 Å². The van der Waals surface area contributed by atoms with Crippen LogP contribution in [0, 0.1) is 19.8 Å². The first kappa shape index (κ1) is 15.5. The number of hydrogen-bond acceptors (Lipinski definition) is 3. The van der Waals surface area contributed by atoms with E-state index in [1.807, 2.05) is 12.1 Å². The fourth-order valence-corrected chi connectivity index (χ4v) is 4.29. The Morgan fingerprint density at radius 3 is 2.67 bits per heavy atom. The second kappa shape index (κ2) is 6.14. The first-order valence-corrected chi connectivity index (χ1v) is 8.80. The Morgan fingerprint density at radius 2 is 1.92 bits per heavy atom. The predicted molar refractivity (Wildman–Crippen MR) is 96.7 cm³/mol. The van der Waals surface area contributed by atoms with E-state index in [-0.39, 0.29) is 12.1 Å². The lowest BCUT2D eigenvalue weighted by Gasteiger charge is -2.44. The van der Waals surface area contributed by atoms with Gasteiger partial charge in [0.2, 0.25) is 0 Å². The Balaban J connectivity index is 1.77. The highest BCUT2D eigenvalue weighted by atomic mass is 16.5. The van der Waals surface area contributed by atoms with Crippen LogP contribution in [0.4, 0.5) is 5.69 Å². The van der Waals surface area contributed by atoms with E-state index in [4.69, 9.17) is 9.47 Å². The smallest absolute Gasteiger partial charge is 0.118 e. The van der Waals surface area contributed by atoms with Crippen molar-refractivity contribution in [3.63, 3.8) is 0 Å². The number of methoxy groups -OCH3 is 1. The van der Waals surface area contributed by atoms with Gasteiger partial charge < -0.3 is 14.8 Å². The van der Waals surface area contributed by atoms with Crippen molar-refractivity contribution in [3.05, 3.63) is 58.7 Å². The van der Waals surface area contributed by atoms with Crippen molar-refractivity contribution in [2.24, 2.45) is 5.92 Å². The maximum absolute atomic E-state index is 6.25. The van der Waals surface area contributed by atoms with Crippen LogP contribution in [0.1, 0.15) is 47.2 Å². The molecule has 2 heterocycles. The van der Waals surface area contributed by atoms with Gasteiger partial charge in [0, 0.05) is 23.8 Å². The molecule has 3 atom stereocenters. The Bertz CT molecular complexity index is 738. The summed E-state index contributed by atoms with van der Waals surface area (Å²) >= 11 is 0. The molecule has 3 nitrogen and oxygen atoms in total. The minimum absolute atomic E-state index is 0.195. The van der Waals surface area contributed by atoms with Gasteiger partial charge in [0.25, 0.3) is 0 Å². The van der Waals surface area contributed by atoms with Crippen LogP contribution in [-0.4, -0.2) is 13.7 Å². The third kappa shape index (κ3) is 2.57. The molecule has 2 aliphatic heterocycles. The molecule has 1 unspecified atom stereocenters. The largest absolute Gasteiger partial charge is 0.497 e. The van der Waals surface area contributed by atoms with Gasteiger partial charge in [-0.15, -0.1) is 0 Å². The van der Waals surface area contributed by atoms with Gasteiger partial charge in [-0.25, -0.2) is 0 Å². The minimum Gasteiger partial charge on any atom is -0.497 e. The standard InChI is InChI=1S/C21H25NO2/c1-13-11-14(2)19-18(12-13)21-17(5-4-10-24-21)20(22-19)15-6-8-16(23-3)9-7-15/h6-9,11-12,17,20-22H,4-5,10H2,1-3H3/t17-,20?,21-/m0/s1. The molecule has 0 aromatic heterocycles. The maximum atomic E-state index is 6.25. The van der Waals surface area contributed by atoms with Gasteiger partial charge in [0.05, 0.1) is 19.3 Å². The van der Waals surface area contributed by atoms with Crippen LogP contribution in [0.3, 0.4) is 0 Å². The molecule has 0 aliphatic carbocycles. The molecule has 2 aromatic carbocycles. The van der Waals surface area contributed by atoms with E-state index < -0.39 is 0 Å². The zero-order valence-electron chi connectivity index (χ0n) is 14.6. The van der Waals surface area contributed by atoms with E-state index in [1.165, 1.54) is 34.4 Å². The van der Waals surface area contributed by atoms with Gasteiger partial charge in [-0.05, 0) is 49.9 Å². The van der Waals surface area contributed by atoms with E-state index in [0.717, 1.165) is 18.8 Å². The van der Waals surface area contributed by atoms with Crippen molar-refractivity contribution in [2.45, 2.75) is 38.8 Å². The summed E-state index contributed by atoms with van der Waals surface area (Å²) in [4.78, 5) is 0. The minimum atomic E-state index is 0.195. The summed E-state index contributed by atoms with van der Waals surface area (Å²) in [7, 11) is 1.71. The summed E-state index contributed by atoms with van der Waals surface area (Å²) < 4.78 is 11.6. The molecule has 0 bridgehead atoms. The first-order valence-electron chi connectivity index (χ1n) is 8.80. The van der Waals surface area contributed by atoms with Crippen LogP contribution in [0.25, 0.3) is 0 Å². The second-order valence-electron chi connectivity index (χ2n) is 7.04. The Labute approximate surface area is 144 Å². The van der Waals surface area contributed by atoms with Crippen molar-refractivity contribution in [3.8, 4) is 5.75 Å². The molecule has 126 valence electrons. The fourth-order valence-electron chi connectivity index (χ4n) is 4.29. The summed E-state index contributed by atoms with van der Waals surface area (Å²) in [6.45, 7) is 5.22. The lowest BCUT2D eigenvalue weighted by Crippen LogP contribution is -2.36. The lowest BCUT2D eigenvalue weighted by molar-refractivity contribution is -0.0382. The molecule has 3 heteroatoms. The van der Waals surface area contributed by atoms with Crippen LogP contribution >= 0.6 is 0 Å². The van der Waals surface area contributed by atoms with E-state index in [9.17, 15) is 0 Å². The number of anilines is 1. The summed E-state index contributed by atoms with van der Waals surface area (Å²) in [5.74, 6) is 1.37. The highest BCUT2D eigenvalue weighted by Gasteiger charge is 2.40. The average Bonchev–Trinajstić information content (AvgIpc) is 2.61. The number of fused-ring (bicyclic) bond motifs is 3. The Kier molecular flexibility index (Phi) is 3.97. The van der Waals surface area contributed by atoms with Gasteiger partial charge in [0.1, 0.15) is 5.75 Å². The normalized spacial score (nSPS) is 25.4. The number of benzene rings is 2. The number of aryl methyl sites for hydroxylation is 2. The molecule has 24 heavy (non-hydrogen) atoms. The van der Waals surface area contributed by atoms with Crippen molar-refractivity contribution in [1.82, 2.24) is 0 Å². The zero-order chi connectivity index (χ0) is 16.7. The number of ether oxygens (including phenoxy) is 2. The molecule has 4 rings (SSSR count). The third-order valence-corrected chi connectivity index (χ3v) is 5.39. The highest BCUT2D eigenvalue weighted by molar-refractivity contribution is 5.63. The molecule has 1 fully saturated rings. The van der Waals surface area contributed by atoms with E-state index >= 15 is 0 Å². The van der Waals surface area contributed by atoms with Gasteiger partial charge in [-0.1, -0.05) is 29.8 Å². The monoisotopic (exact) mass is 323 g/mol. The highest BCUT2D eigenvalue weighted by Crippen LogP contribution is 2.50. The molecular weight excluding hydrogens is 298 g/mol. The maximum Gasteiger partial charge on any atom is 0.118 e. The predicted octanol–water partition coefficient (Wildman–Crippen LogP) is 4.95. The zero-order valence-corrected chi connectivity index (χ0v) is 14.6. The molecule has 1 saturated heterocycles. The first-order chi connectivity index (χ1) is 11.7. The molecule has 0 saturated carbocycles. The van der Waals surface area contributed by atoms with E-state index in [0.29, 0.717) is 5.92 Å². The summed E-state index contributed by atoms with van der Waals surface area (Å²) in [6.07, 6.45) is 2.52. The summed E-state index contributed by atoms with van der Waals surface area (Å²) in [5, 5.41) is 3.82. The van der Waals surface area contributed by atoms with Crippen LogP contribution in [0.5, 0.6) is 5.75 Å². The Morgan fingerprint density at radius 1 is 1.12 bits per heavy atom. The van der Waals surface area contributed by atoms with Gasteiger partial charge in [-0.2, -0.15) is 0 Å². The average molecular weight is 323 g/mol. The molecule has 2 aliphatic rings. The van der Waals surface area contributed by atoms with Gasteiger partial charge in [0.15, 0.2) is 0 Å². The third-order valence-electron chi connectivity index (χ3n) is 5.39. The second-order valence-corrected chi connectivity index (χ2v) is 7.04. The molecule has 2 aromatic rings. The molecule has 0 radical (unpaired) electrons. The number of hydrogen-bond donors (Lipinski definition) is 1. The van der Waals surface area contributed by atoms with Crippen molar-refractivity contribution in [1.29, 1.82) is 0 Å². The van der Waals surface area contributed by atoms with Crippen molar-refractivity contribution >= 4 is 5.69 Å². The molecule has 0 amide bonds. The van der Waals surface area contributed by atoms with Crippen molar-refractivity contribution < 1.29 is 9.47 Å². The molecular formula is C21H25NO2. The summed E-state index contributed by atoms with van der Waals surface area (Å²) in [6, 6.07) is 13.3.